The Labute approximate surface area is 160 Å². The van der Waals surface area contributed by atoms with Gasteiger partial charge in [0.1, 0.15) is 0 Å². The fourth-order valence-electron chi connectivity index (χ4n) is 4.13. The number of hydrogen-bond donors (Lipinski definition) is 1. The zero-order valence-electron chi connectivity index (χ0n) is 16.5. The lowest BCUT2D eigenvalue weighted by atomic mass is 9.90. The second-order valence-corrected chi connectivity index (χ2v) is 7.77. The van der Waals surface area contributed by atoms with Crippen molar-refractivity contribution in [3.63, 3.8) is 0 Å². The minimum absolute atomic E-state index is 0.209. The molecule has 1 N–H and O–H groups in total. The Bertz CT molecular complexity index is 692. The van der Waals surface area contributed by atoms with Gasteiger partial charge in [-0.15, -0.1) is 0 Å². The summed E-state index contributed by atoms with van der Waals surface area (Å²) in [6, 6.07) is 0.302. The number of carbonyl (C=O) groups is 2. The van der Waals surface area contributed by atoms with Crippen LogP contribution in [0.2, 0.25) is 0 Å². The van der Waals surface area contributed by atoms with Crippen molar-refractivity contribution in [1.29, 1.82) is 0 Å². The van der Waals surface area contributed by atoms with Crippen LogP contribution in [0, 0.1) is 5.92 Å². The lowest BCUT2D eigenvalue weighted by Gasteiger charge is -2.40. The van der Waals surface area contributed by atoms with Gasteiger partial charge in [0.25, 0.3) is 0 Å². The van der Waals surface area contributed by atoms with Crippen LogP contribution >= 0.6 is 0 Å². The standard InChI is InChI=1S/C19H30N4O4/c1-4-27-19(26)22-9-7-21(8-10-22)14-5-6-16-15(11-14)17(18(24)25)20-23(16)12-13(2)3/h13-14H,4-12H2,1-3H3,(H,24,25)/t14-/m0/s1. The van der Waals surface area contributed by atoms with Crippen molar-refractivity contribution in [1.82, 2.24) is 19.6 Å². The third-order valence-electron chi connectivity index (χ3n) is 5.42. The largest absolute Gasteiger partial charge is 0.476 e. The number of amides is 1. The van der Waals surface area contributed by atoms with Crippen LogP contribution in [0.4, 0.5) is 4.79 Å². The second-order valence-electron chi connectivity index (χ2n) is 7.77. The molecule has 1 aromatic heterocycles. The summed E-state index contributed by atoms with van der Waals surface area (Å²) in [5.41, 5.74) is 2.19. The molecule has 0 aromatic carbocycles. The Morgan fingerprint density at radius 2 is 1.96 bits per heavy atom. The summed E-state index contributed by atoms with van der Waals surface area (Å²) in [5.74, 6) is -0.522. The molecule has 1 fully saturated rings. The summed E-state index contributed by atoms with van der Waals surface area (Å²) in [6.45, 7) is 10.1. The molecule has 0 spiro atoms. The summed E-state index contributed by atoms with van der Waals surface area (Å²) in [7, 11) is 0. The number of rotatable bonds is 5. The molecule has 1 amide bonds. The number of piperazine rings is 1. The minimum Gasteiger partial charge on any atom is -0.476 e. The van der Waals surface area contributed by atoms with Crippen LogP contribution in [-0.2, 0) is 24.1 Å². The summed E-state index contributed by atoms with van der Waals surface area (Å²) in [5, 5.41) is 14.0. The molecule has 2 heterocycles. The molecule has 8 heteroatoms. The van der Waals surface area contributed by atoms with E-state index in [1.807, 2.05) is 11.6 Å². The Kier molecular flexibility index (Phi) is 6.04. The first kappa shape index (κ1) is 19.7. The Hall–Kier alpha value is -2.09. The molecule has 150 valence electrons. The lowest BCUT2D eigenvalue weighted by molar-refractivity contribution is 0.0621. The number of nitrogens with zero attached hydrogens (tertiary/aromatic N) is 4. The van der Waals surface area contributed by atoms with Crippen LogP contribution in [0.5, 0.6) is 0 Å². The van der Waals surface area contributed by atoms with Gasteiger partial charge in [-0.25, -0.2) is 9.59 Å². The van der Waals surface area contributed by atoms with Gasteiger partial charge in [0, 0.05) is 50.0 Å². The van der Waals surface area contributed by atoms with Crippen molar-refractivity contribution in [2.45, 2.75) is 52.6 Å². The number of aromatic nitrogens is 2. The first-order chi connectivity index (χ1) is 12.9. The molecule has 2 aliphatic rings. The number of carboxylic acid groups (broad SMARTS) is 1. The van der Waals surface area contributed by atoms with Crippen LogP contribution < -0.4 is 0 Å². The van der Waals surface area contributed by atoms with Gasteiger partial charge in [0.15, 0.2) is 5.69 Å². The van der Waals surface area contributed by atoms with Gasteiger partial charge >= 0.3 is 12.1 Å². The topological polar surface area (TPSA) is 87.9 Å². The van der Waals surface area contributed by atoms with Crippen molar-refractivity contribution in [2.75, 3.05) is 32.8 Å². The highest BCUT2D eigenvalue weighted by Gasteiger charge is 2.33. The van der Waals surface area contributed by atoms with Gasteiger partial charge in [-0.3, -0.25) is 9.58 Å². The smallest absolute Gasteiger partial charge is 0.409 e. The second kappa shape index (κ2) is 8.29. The van der Waals surface area contributed by atoms with Crippen LogP contribution in [0.1, 0.15) is 48.9 Å². The van der Waals surface area contributed by atoms with E-state index >= 15 is 0 Å². The van der Waals surface area contributed by atoms with Gasteiger partial charge < -0.3 is 14.7 Å². The third-order valence-corrected chi connectivity index (χ3v) is 5.42. The number of aromatic carboxylic acids is 1. The minimum atomic E-state index is -0.943. The van der Waals surface area contributed by atoms with E-state index in [4.69, 9.17) is 4.74 Å². The van der Waals surface area contributed by atoms with Crippen LogP contribution in [0.15, 0.2) is 0 Å². The molecule has 0 unspecified atom stereocenters. The molecule has 0 saturated carbocycles. The zero-order chi connectivity index (χ0) is 19.6. The fraction of sp³-hybridized carbons (Fsp3) is 0.737. The van der Waals surface area contributed by atoms with Crippen molar-refractivity contribution in [3.05, 3.63) is 17.0 Å². The van der Waals surface area contributed by atoms with Gasteiger partial charge in [-0.05, 0) is 32.1 Å². The molecule has 0 bridgehead atoms. The summed E-state index contributed by atoms with van der Waals surface area (Å²) >= 11 is 0. The highest BCUT2D eigenvalue weighted by atomic mass is 16.6. The average molecular weight is 378 g/mol. The van der Waals surface area contributed by atoms with Crippen LogP contribution in [0.3, 0.4) is 0 Å². The van der Waals surface area contributed by atoms with Crippen molar-refractivity contribution in [3.8, 4) is 0 Å². The quantitative estimate of drug-likeness (QED) is 0.842. The van der Waals surface area contributed by atoms with Gasteiger partial charge in [-0.2, -0.15) is 5.10 Å². The molecule has 1 saturated heterocycles. The monoisotopic (exact) mass is 378 g/mol. The molecule has 1 aliphatic heterocycles. The molecule has 1 aromatic rings. The normalized spacial score (nSPS) is 20.6. The fourth-order valence-corrected chi connectivity index (χ4v) is 4.13. The zero-order valence-corrected chi connectivity index (χ0v) is 16.5. The first-order valence-electron chi connectivity index (χ1n) is 9.88. The molecule has 8 nitrogen and oxygen atoms in total. The lowest BCUT2D eigenvalue weighted by Crippen LogP contribution is -2.53. The predicted molar refractivity (Wildman–Crippen MR) is 100 cm³/mol. The number of ether oxygens (including phenoxy) is 1. The molecular formula is C19H30N4O4. The van der Waals surface area contributed by atoms with E-state index in [-0.39, 0.29) is 11.8 Å². The van der Waals surface area contributed by atoms with Crippen LogP contribution in [0.25, 0.3) is 0 Å². The van der Waals surface area contributed by atoms with E-state index in [0.29, 0.717) is 38.1 Å². The van der Waals surface area contributed by atoms with E-state index < -0.39 is 5.97 Å². The van der Waals surface area contributed by atoms with Gasteiger partial charge in [0.05, 0.1) is 6.61 Å². The molecule has 1 atom stereocenters. The Morgan fingerprint density at radius 1 is 1.26 bits per heavy atom. The Morgan fingerprint density at radius 3 is 2.56 bits per heavy atom. The molecule has 3 rings (SSSR count). The van der Waals surface area contributed by atoms with Crippen molar-refractivity contribution < 1.29 is 19.4 Å². The number of hydrogen-bond acceptors (Lipinski definition) is 5. The summed E-state index contributed by atoms with van der Waals surface area (Å²) in [4.78, 5) is 27.7. The van der Waals surface area contributed by atoms with E-state index in [9.17, 15) is 14.7 Å². The Balaban J connectivity index is 1.69. The van der Waals surface area contributed by atoms with E-state index in [1.165, 1.54) is 0 Å². The van der Waals surface area contributed by atoms with E-state index in [2.05, 4.69) is 23.8 Å². The molecule has 1 aliphatic carbocycles. The van der Waals surface area contributed by atoms with E-state index in [0.717, 1.165) is 43.7 Å². The predicted octanol–water partition coefficient (Wildman–Crippen LogP) is 1.87. The maximum atomic E-state index is 11.9. The summed E-state index contributed by atoms with van der Waals surface area (Å²) in [6.07, 6.45) is 2.32. The van der Waals surface area contributed by atoms with Gasteiger partial charge in [0.2, 0.25) is 0 Å². The SMILES string of the molecule is CCOC(=O)N1CCN([C@H]2CCc3c(c(C(=O)O)nn3CC(C)C)C2)CC1. The average Bonchev–Trinajstić information content (AvgIpc) is 2.99. The summed E-state index contributed by atoms with van der Waals surface area (Å²) < 4.78 is 6.98. The highest BCUT2D eigenvalue weighted by Crippen LogP contribution is 2.28. The number of fused-ring (bicyclic) bond motifs is 1. The van der Waals surface area contributed by atoms with Crippen molar-refractivity contribution in [2.24, 2.45) is 5.92 Å². The van der Waals surface area contributed by atoms with Gasteiger partial charge in [-0.1, -0.05) is 13.8 Å². The molecule has 27 heavy (non-hydrogen) atoms. The first-order valence-corrected chi connectivity index (χ1v) is 9.88. The maximum Gasteiger partial charge on any atom is 0.409 e. The van der Waals surface area contributed by atoms with Crippen LogP contribution in [-0.4, -0.2) is 75.6 Å². The highest BCUT2D eigenvalue weighted by molar-refractivity contribution is 5.87. The van der Waals surface area contributed by atoms with Crippen molar-refractivity contribution >= 4 is 12.1 Å². The third kappa shape index (κ3) is 4.26. The molecular weight excluding hydrogens is 348 g/mol. The van der Waals surface area contributed by atoms with E-state index in [1.54, 1.807) is 4.90 Å². The number of carbonyl (C=O) groups excluding carboxylic acids is 1. The molecule has 0 radical (unpaired) electrons. The number of carboxylic acids is 1. The maximum absolute atomic E-state index is 11.9.